The van der Waals surface area contributed by atoms with Crippen molar-refractivity contribution in [3.05, 3.63) is 17.7 Å². The molecule has 0 unspecified atom stereocenters. The number of rotatable bonds is 5. The fraction of sp³-hybridized carbons (Fsp3) is 0.417. The van der Waals surface area contributed by atoms with Crippen LogP contribution >= 0.6 is 0 Å². The zero-order valence-electron chi connectivity index (χ0n) is 10.3. The van der Waals surface area contributed by atoms with Crippen molar-refractivity contribution in [1.82, 2.24) is 0 Å². The monoisotopic (exact) mass is 239 g/mol. The van der Waals surface area contributed by atoms with Gasteiger partial charge in [0.15, 0.2) is 11.5 Å². The summed E-state index contributed by atoms with van der Waals surface area (Å²) in [5.41, 5.74) is 6.35. The number of hydrogen-bond donors (Lipinski definition) is 1. The van der Waals surface area contributed by atoms with Crippen LogP contribution in [0, 0.1) is 0 Å². The van der Waals surface area contributed by atoms with Crippen LogP contribution in [-0.2, 0) is 4.74 Å². The van der Waals surface area contributed by atoms with Gasteiger partial charge in [-0.25, -0.2) is 4.79 Å². The Hall–Kier alpha value is -1.91. The molecule has 1 aromatic rings. The van der Waals surface area contributed by atoms with Crippen LogP contribution in [0.25, 0.3) is 0 Å². The predicted octanol–water partition coefficient (Wildman–Crippen LogP) is 1.85. The van der Waals surface area contributed by atoms with Crippen molar-refractivity contribution in [3.8, 4) is 11.5 Å². The third-order valence-electron chi connectivity index (χ3n) is 2.13. The summed E-state index contributed by atoms with van der Waals surface area (Å²) in [4.78, 5) is 11.6. The van der Waals surface area contributed by atoms with Crippen LogP contribution in [0.1, 0.15) is 24.2 Å². The van der Waals surface area contributed by atoms with Gasteiger partial charge in [-0.1, -0.05) is 0 Å². The highest BCUT2D eigenvalue weighted by Crippen LogP contribution is 2.32. The molecule has 94 valence electrons. The average molecular weight is 239 g/mol. The van der Waals surface area contributed by atoms with E-state index in [4.69, 9.17) is 19.9 Å². The fourth-order valence-corrected chi connectivity index (χ4v) is 1.39. The molecule has 0 amide bonds. The average Bonchev–Trinajstić information content (AvgIpc) is 2.31. The summed E-state index contributed by atoms with van der Waals surface area (Å²) < 4.78 is 15.4. The lowest BCUT2D eigenvalue weighted by Gasteiger charge is -2.12. The lowest BCUT2D eigenvalue weighted by molar-refractivity contribution is 0.0527. The minimum absolute atomic E-state index is 0.288. The largest absolute Gasteiger partial charge is 0.493 e. The van der Waals surface area contributed by atoms with Gasteiger partial charge in [0.25, 0.3) is 0 Å². The Balaban J connectivity index is 3.14. The molecule has 5 heteroatoms. The zero-order chi connectivity index (χ0) is 12.8. The molecule has 0 spiro atoms. The molecule has 0 heterocycles. The van der Waals surface area contributed by atoms with E-state index in [9.17, 15) is 4.79 Å². The molecule has 5 nitrogen and oxygen atoms in total. The summed E-state index contributed by atoms with van der Waals surface area (Å²) in [6.07, 6.45) is 0. The van der Waals surface area contributed by atoms with Crippen molar-refractivity contribution < 1.29 is 19.0 Å². The van der Waals surface area contributed by atoms with Gasteiger partial charge in [-0.2, -0.15) is 0 Å². The second-order valence-electron chi connectivity index (χ2n) is 3.24. The van der Waals surface area contributed by atoms with Crippen molar-refractivity contribution in [2.75, 3.05) is 26.1 Å². The van der Waals surface area contributed by atoms with Gasteiger partial charge in [-0.3, -0.25) is 0 Å². The highest BCUT2D eigenvalue weighted by atomic mass is 16.5. The molecule has 0 bridgehead atoms. The van der Waals surface area contributed by atoms with Crippen molar-refractivity contribution in [2.24, 2.45) is 0 Å². The number of ether oxygens (including phenoxy) is 3. The maximum absolute atomic E-state index is 11.6. The summed E-state index contributed by atoms with van der Waals surface area (Å²) in [6.45, 7) is 4.36. The molecular weight excluding hydrogens is 222 g/mol. The zero-order valence-corrected chi connectivity index (χ0v) is 10.3. The SMILES string of the molecule is CCOC(=O)c1cc(OCC)c(OC)cc1N. The first-order valence-electron chi connectivity index (χ1n) is 5.41. The van der Waals surface area contributed by atoms with Crippen molar-refractivity contribution in [2.45, 2.75) is 13.8 Å². The lowest BCUT2D eigenvalue weighted by atomic mass is 10.1. The van der Waals surface area contributed by atoms with Crippen molar-refractivity contribution >= 4 is 11.7 Å². The Morgan fingerprint density at radius 1 is 1.24 bits per heavy atom. The molecule has 1 rings (SSSR count). The number of hydrogen-bond acceptors (Lipinski definition) is 5. The van der Waals surface area contributed by atoms with E-state index >= 15 is 0 Å². The van der Waals surface area contributed by atoms with Gasteiger partial charge in [0, 0.05) is 12.1 Å². The fourth-order valence-electron chi connectivity index (χ4n) is 1.39. The van der Waals surface area contributed by atoms with E-state index in [-0.39, 0.29) is 5.56 Å². The number of methoxy groups -OCH3 is 1. The number of nitrogen functional groups attached to an aromatic ring is 1. The summed E-state index contributed by atoms with van der Waals surface area (Å²) in [6, 6.07) is 3.09. The normalized spacial score (nSPS) is 9.82. The number of nitrogens with two attached hydrogens (primary N) is 1. The van der Waals surface area contributed by atoms with Gasteiger partial charge in [0.2, 0.25) is 0 Å². The Morgan fingerprint density at radius 3 is 2.47 bits per heavy atom. The standard InChI is InChI=1S/C12H17NO4/c1-4-16-11-6-8(12(14)17-5-2)9(13)7-10(11)15-3/h6-7H,4-5,13H2,1-3H3. The number of carbonyl (C=O) groups is 1. The van der Waals surface area contributed by atoms with Crippen LogP contribution in [0.15, 0.2) is 12.1 Å². The Bertz CT molecular complexity index is 404. The van der Waals surface area contributed by atoms with Crippen molar-refractivity contribution in [3.63, 3.8) is 0 Å². The van der Waals surface area contributed by atoms with E-state index in [0.717, 1.165) is 0 Å². The minimum Gasteiger partial charge on any atom is -0.493 e. The van der Waals surface area contributed by atoms with Gasteiger partial charge in [0.05, 0.1) is 31.6 Å². The Kier molecular flexibility index (Phi) is 4.63. The molecule has 0 radical (unpaired) electrons. The molecule has 0 atom stereocenters. The van der Waals surface area contributed by atoms with Gasteiger partial charge < -0.3 is 19.9 Å². The first-order valence-corrected chi connectivity index (χ1v) is 5.41. The van der Waals surface area contributed by atoms with E-state index < -0.39 is 5.97 Å². The van der Waals surface area contributed by atoms with Crippen LogP contribution in [0.5, 0.6) is 11.5 Å². The van der Waals surface area contributed by atoms with E-state index in [0.29, 0.717) is 30.4 Å². The van der Waals surface area contributed by atoms with Crippen LogP contribution in [0.3, 0.4) is 0 Å². The summed E-state index contributed by atoms with van der Waals surface area (Å²) in [5.74, 6) is 0.512. The summed E-state index contributed by atoms with van der Waals surface area (Å²) >= 11 is 0. The number of anilines is 1. The van der Waals surface area contributed by atoms with E-state index in [1.807, 2.05) is 6.92 Å². The van der Waals surface area contributed by atoms with Crippen LogP contribution in [0.2, 0.25) is 0 Å². The Morgan fingerprint density at radius 2 is 1.94 bits per heavy atom. The highest BCUT2D eigenvalue weighted by Gasteiger charge is 2.16. The number of esters is 1. The second kappa shape index (κ2) is 5.98. The lowest BCUT2D eigenvalue weighted by Crippen LogP contribution is -2.09. The first kappa shape index (κ1) is 13.2. The minimum atomic E-state index is -0.464. The summed E-state index contributed by atoms with van der Waals surface area (Å²) in [7, 11) is 1.52. The Labute approximate surface area is 100 Å². The quantitative estimate of drug-likeness (QED) is 0.627. The number of benzene rings is 1. The topological polar surface area (TPSA) is 70.8 Å². The van der Waals surface area contributed by atoms with Gasteiger partial charge in [-0.15, -0.1) is 0 Å². The molecule has 0 aromatic heterocycles. The van der Waals surface area contributed by atoms with E-state index in [2.05, 4.69) is 0 Å². The molecule has 1 aromatic carbocycles. The maximum atomic E-state index is 11.6. The molecule has 0 fully saturated rings. The van der Waals surface area contributed by atoms with Gasteiger partial charge >= 0.3 is 5.97 Å². The van der Waals surface area contributed by atoms with Crippen LogP contribution < -0.4 is 15.2 Å². The molecular formula is C12H17NO4. The second-order valence-corrected chi connectivity index (χ2v) is 3.24. The van der Waals surface area contributed by atoms with Gasteiger partial charge in [0.1, 0.15) is 0 Å². The summed E-state index contributed by atoms with van der Waals surface area (Å²) in [5, 5.41) is 0. The molecule has 17 heavy (non-hydrogen) atoms. The molecule has 2 N–H and O–H groups in total. The maximum Gasteiger partial charge on any atom is 0.340 e. The molecule has 0 aliphatic carbocycles. The molecule has 0 saturated heterocycles. The molecule has 0 aliphatic heterocycles. The van der Waals surface area contributed by atoms with Crippen LogP contribution in [-0.4, -0.2) is 26.3 Å². The smallest absolute Gasteiger partial charge is 0.340 e. The van der Waals surface area contributed by atoms with E-state index in [1.54, 1.807) is 13.0 Å². The van der Waals surface area contributed by atoms with E-state index in [1.165, 1.54) is 13.2 Å². The van der Waals surface area contributed by atoms with Crippen LogP contribution in [0.4, 0.5) is 5.69 Å². The predicted molar refractivity (Wildman–Crippen MR) is 64.5 cm³/mol. The number of carbonyl (C=O) groups excluding carboxylic acids is 1. The molecule has 0 saturated carbocycles. The third-order valence-corrected chi connectivity index (χ3v) is 2.13. The van der Waals surface area contributed by atoms with Crippen molar-refractivity contribution in [1.29, 1.82) is 0 Å². The molecule has 0 aliphatic rings. The first-order chi connectivity index (χ1) is 8.13. The third kappa shape index (κ3) is 3.03. The highest BCUT2D eigenvalue weighted by molar-refractivity contribution is 5.96. The van der Waals surface area contributed by atoms with Gasteiger partial charge in [-0.05, 0) is 13.8 Å².